The summed E-state index contributed by atoms with van der Waals surface area (Å²) in [4.78, 5) is 17.6. The number of nitrogens with one attached hydrogen (secondary N) is 1. The second-order valence-electron chi connectivity index (χ2n) is 9.35. The standard InChI is InChI=1S/C28H33N3O/c1-21(26-13-7-11-24-10-5-6-12-27(24)26)29-28(32)31-19-16-25(20-31)30-17-14-23(15-18-30)22-8-3-2-4-9-22/h2-13,21,23,25H,14-20H2,1H3,(H,29,32)/t21-,25?/m1/s1. The molecule has 3 aromatic rings. The maximum atomic E-state index is 13.0. The van der Waals surface area contributed by atoms with E-state index in [2.05, 4.69) is 89.9 Å². The smallest absolute Gasteiger partial charge is 0.317 e. The zero-order valence-electron chi connectivity index (χ0n) is 18.9. The average Bonchev–Trinajstić information content (AvgIpc) is 3.35. The van der Waals surface area contributed by atoms with Gasteiger partial charge in [0.1, 0.15) is 0 Å². The van der Waals surface area contributed by atoms with E-state index in [-0.39, 0.29) is 12.1 Å². The predicted molar refractivity (Wildman–Crippen MR) is 131 cm³/mol. The molecule has 0 aromatic heterocycles. The predicted octanol–water partition coefficient (Wildman–Crippen LogP) is 5.56. The zero-order chi connectivity index (χ0) is 21.9. The molecule has 3 aromatic carbocycles. The van der Waals surface area contributed by atoms with Crippen LogP contribution in [0.1, 0.15) is 49.3 Å². The van der Waals surface area contributed by atoms with Gasteiger partial charge in [0, 0.05) is 19.1 Å². The van der Waals surface area contributed by atoms with Crippen LogP contribution in [0.4, 0.5) is 4.79 Å². The summed E-state index contributed by atoms with van der Waals surface area (Å²) in [5.74, 6) is 0.676. The molecule has 2 saturated heterocycles. The van der Waals surface area contributed by atoms with Gasteiger partial charge in [-0.05, 0) is 67.1 Å². The lowest BCUT2D eigenvalue weighted by Crippen LogP contribution is -2.45. The summed E-state index contributed by atoms with van der Waals surface area (Å²) in [6, 6.07) is 26.2. The van der Waals surface area contributed by atoms with E-state index < -0.39 is 0 Å². The summed E-state index contributed by atoms with van der Waals surface area (Å²) in [7, 11) is 0. The monoisotopic (exact) mass is 427 g/mol. The van der Waals surface area contributed by atoms with Crippen LogP contribution in [0, 0.1) is 0 Å². The number of piperidine rings is 1. The number of hydrogen-bond acceptors (Lipinski definition) is 2. The maximum absolute atomic E-state index is 13.0. The molecule has 4 heteroatoms. The molecule has 2 aliphatic rings. The summed E-state index contributed by atoms with van der Waals surface area (Å²) in [6.07, 6.45) is 3.50. The molecule has 2 heterocycles. The van der Waals surface area contributed by atoms with E-state index in [0.717, 1.165) is 32.6 Å². The van der Waals surface area contributed by atoms with Gasteiger partial charge in [-0.3, -0.25) is 4.90 Å². The highest BCUT2D eigenvalue weighted by atomic mass is 16.2. The van der Waals surface area contributed by atoms with Crippen LogP contribution in [0.5, 0.6) is 0 Å². The van der Waals surface area contributed by atoms with Gasteiger partial charge in [0.15, 0.2) is 0 Å². The van der Waals surface area contributed by atoms with Crippen molar-refractivity contribution < 1.29 is 4.79 Å². The highest BCUT2D eigenvalue weighted by Crippen LogP contribution is 2.30. The highest BCUT2D eigenvalue weighted by molar-refractivity contribution is 5.86. The molecule has 0 radical (unpaired) electrons. The number of carbonyl (C=O) groups excluding carboxylic acids is 1. The zero-order valence-corrected chi connectivity index (χ0v) is 18.9. The first-order valence-corrected chi connectivity index (χ1v) is 12.0. The minimum Gasteiger partial charge on any atom is -0.331 e. The minimum absolute atomic E-state index is 0.0192. The third kappa shape index (κ3) is 4.37. The van der Waals surface area contributed by atoms with Crippen molar-refractivity contribution >= 4 is 16.8 Å². The molecule has 0 saturated carbocycles. The number of nitrogens with zero attached hydrogens (tertiary/aromatic N) is 2. The van der Waals surface area contributed by atoms with E-state index in [9.17, 15) is 4.79 Å². The number of benzene rings is 3. The molecule has 1 N–H and O–H groups in total. The molecule has 0 aliphatic carbocycles. The number of carbonyl (C=O) groups is 1. The van der Waals surface area contributed by atoms with Gasteiger partial charge in [-0.1, -0.05) is 72.8 Å². The first kappa shape index (κ1) is 21.0. The van der Waals surface area contributed by atoms with Crippen LogP contribution in [-0.2, 0) is 0 Å². The van der Waals surface area contributed by atoms with Crippen molar-refractivity contribution in [1.82, 2.24) is 15.1 Å². The molecule has 4 nitrogen and oxygen atoms in total. The third-order valence-electron chi connectivity index (χ3n) is 7.40. The molecule has 1 unspecified atom stereocenters. The van der Waals surface area contributed by atoms with Gasteiger partial charge in [0.2, 0.25) is 0 Å². The Morgan fingerprint density at radius 1 is 0.875 bits per heavy atom. The largest absolute Gasteiger partial charge is 0.331 e. The van der Waals surface area contributed by atoms with Gasteiger partial charge in [-0.25, -0.2) is 4.79 Å². The Hall–Kier alpha value is -2.85. The Labute approximate surface area is 191 Å². The van der Waals surface area contributed by atoms with Crippen molar-refractivity contribution in [1.29, 1.82) is 0 Å². The van der Waals surface area contributed by atoms with Crippen molar-refractivity contribution in [2.24, 2.45) is 0 Å². The molecule has 2 aliphatic heterocycles. The SMILES string of the molecule is C[C@@H](NC(=O)N1CCC(N2CCC(c3ccccc3)CC2)C1)c1cccc2ccccc12. The fraction of sp³-hybridized carbons (Fsp3) is 0.393. The van der Waals surface area contributed by atoms with E-state index in [1.165, 1.54) is 34.7 Å². The second-order valence-corrected chi connectivity index (χ2v) is 9.35. The van der Waals surface area contributed by atoms with E-state index in [4.69, 9.17) is 0 Å². The van der Waals surface area contributed by atoms with Gasteiger partial charge < -0.3 is 10.2 Å². The van der Waals surface area contributed by atoms with Gasteiger partial charge in [0.05, 0.1) is 6.04 Å². The first-order chi connectivity index (χ1) is 15.7. The van der Waals surface area contributed by atoms with Gasteiger partial charge in [-0.15, -0.1) is 0 Å². The van der Waals surface area contributed by atoms with E-state index in [0.29, 0.717) is 12.0 Å². The maximum Gasteiger partial charge on any atom is 0.317 e. The Balaban J connectivity index is 1.16. The number of likely N-dealkylation sites (tertiary alicyclic amines) is 2. The summed E-state index contributed by atoms with van der Waals surface area (Å²) < 4.78 is 0. The van der Waals surface area contributed by atoms with E-state index in [1.54, 1.807) is 0 Å². The highest BCUT2D eigenvalue weighted by Gasteiger charge is 2.33. The fourth-order valence-corrected chi connectivity index (χ4v) is 5.53. The molecular weight excluding hydrogens is 394 g/mol. The van der Waals surface area contributed by atoms with Crippen molar-refractivity contribution in [2.75, 3.05) is 26.2 Å². The molecule has 2 atom stereocenters. The molecule has 0 spiro atoms. The molecule has 32 heavy (non-hydrogen) atoms. The van der Waals surface area contributed by atoms with Crippen LogP contribution in [0.15, 0.2) is 72.8 Å². The van der Waals surface area contributed by atoms with Gasteiger partial charge in [0.25, 0.3) is 0 Å². The number of urea groups is 1. The van der Waals surface area contributed by atoms with E-state index >= 15 is 0 Å². The molecule has 5 rings (SSSR count). The molecule has 2 fully saturated rings. The fourth-order valence-electron chi connectivity index (χ4n) is 5.53. The summed E-state index contributed by atoms with van der Waals surface area (Å²) in [6.45, 7) is 6.03. The molecular formula is C28H33N3O. The van der Waals surface area contributed by atoms with Gasteiger partial charge >= 0.3 is 6.03 Å². The Bertz CT molecular complexity index is 1050. The Kier molecular flexibility index (Phi) is 6.13. The first-order valence-electron chi connectivity index (χ1n) is 12.0. The second kappa shape index (κ2) is 9.33. The van der Waals surface area contributed by atoms with Gasteiger partial charge in [-0.2, -0.15) is 0 Å². The lowest BCUT2D eigenvalue weighted by Gasteiger charge is -2.36. The summed E-state index contributed by atoms with van der Waals surface area (Å²) in [5.41, 5.74) is 2.65. The van der Waals surface area contributed by atoms with Crippen molar-refractivity contribution in [3.05, 3.63) is 83.9 Å². The Morgan fingerprint density at radius 3 is 2.41 bits per heavy atom. The summed E-state index contributed by atoms with van der Waals surface area (Å²) in [5, 5.41) is 5.68. The van der Waals surface area contributed by atoms with Crippen LogP contribution in [-0.4, -0.2) is 48.1 Å². The lowest BCUT2D eigenvalue weighted by atomic mass is 9.89. The average molecular weight is 428 g/mol. The van der Waals surface area contributed by atoms with Crippen LogP contribution in [0.2, 0.25) is 0 Å². The minimum atomic E-state index is -0.0192. The van der Waals surface area contributed by atoms with Crippen LogP contribution in [0.25, 0.3) is 10.8 Å². The number of fused-ring (bicyclic) bond motifs is 1. The number of rotatable bonds is 4. The topological polar surface area (TPSA) is 35.6 Å². The van der Waals surface area contributed by atoms with Crippen LogP contribution >= 0.6 is 0 Å². The Morgan fingerprint density at radius 2 is 1.59 bits per heavy atom. The molecule has 2 amide bonds. The molecule has 0 bridgehead atoms. The lowest BCUT2D eigenvalue weighted by molar-refractivity contribution is 0.151. The molecule has 166 valence electrons. The number of amides is 2. The van der Waals surface area contributed by atoms with Crippen molar-refractivity contribution in [3.63, 3.8) is 0 Å². The normalized spacial score (nSPS) is 21.0. The van der Waals surface area contributed by atoms with Crippen molar-refractivity contribution in [2.45, 2.75) is 44.2 Å². The van der Waals surface area contributed by atoms with Crippen molar-refractivity contribution in [3.8, 4) is 0 Å². The van der Waals surface area contributed by atoms with E-state index in [1.807, 2.05) is 4.90 Å². The van der Waals surface area contributed by atoms with Crippen LogP contribution in [0.3, 0.4) is 0 Å². The van der Waals surface area contributed by atoms with Crippen LogP contribution < -0.4 is 5.32 Å². The quantitative estimate of drug-likeness (QED) is 0.591. The number of hydrogen-bond donors (Lipinski definition) is 1. The third-order valence-corrected chi connectivity index (χ3v) is 7.40. The summed E-state index contributed by atoms with van der Waals surface area (Å²) >= 11 is 0.